The summed E-state index contributed by atoms with van der Waals surface area (Å²) in [5, 5.41) is 0. The Morgan fingerprint density at radius 3 is 2.24 bits per heavy atom. The van der Waals surface area contributed by atoms with Crippen LogP contribution in [0.25, 0.3) is 0 Å². The highest BCUT2D eigenvalue weighted by atomic mass is 16.6. The fourth-order valence-corrected chi connectivity index (χ4v) is 2.22. The van der Waals surface area contributed by atoms with Gasteiger partial charge in [0.25, 0.3) is 0 Å². The van der Waals surface area contributed by atoms with E-state index in [1.807, 2.05) is 30.3 Å². The minimum Gasteiger partial charge on any atom is -0.460 e. The van der Waals surface area contributed by atoms with Gasteiger partial charge < -0.3 is 9.47 Å². The van der Waals surface area contributed by atoms with E-state index in [1.165, 1.54) is 5.56 Å². The summed E-state index contributed by atoms with van der Waals surface area (Å²) in [7, 11) is 0. The van der Waals surface area contributed by atoms with Crippen molar-refractivity contribution in [3.05, 3.63) is 35.9 Å². The first kappa shape index (κ1) is 20.9. The summed E-state index contributed by atoms with van der Waals surface area (Å²) in [6, 6.07) is 10.0. The molecule has 0 radical (unpaired) electrons. The lowest BCUT2D eigenvalue weighted by molar-refractivity contribution is -0.157. The molecule has 5 heteroatoms. The lowest BCUT2D eigenvalue weighted by Gasteiger charge is -2.19. The summed E-state index contributed by atoms with van der Waals surface area (Å²) in [6.07, 6.45) is 3.09. The number of benzene rings is 1. The molecule has 0 amide bonds. The van der Waals surface area contributed by atoms with E-state index in [0.29, 0.717) is 12.8 Å². The molecule has 1 aromatic rings. The number of ketones is 1. The third-order valence-corrected chi connectivity index (χ3v) is 3.37. The highest BCUT2D eigenvalue weighted by molar-refractivity contribution is 6.33. The van der Waals surface area contributed by atoms with Crippen LogP contribution in [0, 0.1) is 0 Å². The van der Waals surface area contributed by atoms with Crippen LogP contribution >= 0.6 is 0 Å². The summed E-state index contributed by atoms with van der Waals surface area (Å²) in [6.45, 7) is 5.43. The van der Waals surface area contributed by atoms with Crippen LogP contribution in [-0.4, -0.2) is 29.9 Å². The molecule has 25 heavy (non-hydrogen) atoms. The average Bonchev–Trinajstić information content (AvgIpc) is 2.54. The van der Waals surface area contributed by atoms with E-state index < -0.39 is 17.4 Å². The highest BCUT2D eigenvalue weighted by Gasteiger charge is 2.17. The summed E-state index contributed by atoms with van der Waals surface area (Å²) in [4.78, 5) is 34.8. The van der Waals surface area contributed by atoms with E-state index >= 15 is 0 Å². The maximum absolute atomic E-state index is 11.7. The number of rotatable bonds is 10. The molecule has 0 aromatic heterocycles. The van der Waals surface area contributed by atoms with Crippen LogP contribution in [0.1, 0.15) is 58.4 Å². The van der Waals surface area contributed by atoms with Crippen molar-refractivity contribution in [1.82, 2.24) is 0 Å². The van der Waals surface area contributed by atoms with Crippen molar-refractivity contribution in [3.63, 3.8) is 0 Å². The smallest absolute Gasteiger partial charge is 0.374 e. The predicted octanol–water partition coefficient (Wildman–Crippen LogP) is 3.63. The van der Waals surface area contributed by atoms with Crippen LogP contribution in [0.15, 0.2) is 30.3 Å². The van der Waals surface area contributed by atoms with Crippen LogP contribution in [0.4, 0.5) is 0 Å². The summed E-state index contributed by atoms with van der Waals surface area (Å²) < 4.78 is 10.1. The molecule has 138 valence electrons. The van der Waals surface area contributed by atoms with Crippen molar-refractivity contribution < 1.29 is 23.9 Å². The Morgan fingerprint density at radius 2 is 1.60 bits per heavy atom. The minimum atomic E-state index is -0.816. The molecule has 0 atom stereocenters. The van der Waals surface area contributed by atoms with Crippen LogP contribution in [-0.2, 0) is 30.3 Å². The molecule has 0 bridgehead atoms. The van der Waals surface area contributed by atoms with E-state index in [1.54, 1.807) is 20.8 Å². The molecule has 0 N–H and O–H groups in total. The van der Waals surface area contributed by atoms with E-state index in [9.17, 15) is 14.4 Å². The third kappa shape index (κ3) is 10.3. The molecular formula is C20H28O5. The largest absolute Gasteiger partial charge is 0.460 e. The van der Waals surface area contributed by atoms with Gasteiger partial charge in [-0.25, -0.2) is 4.79 Å². The predicted molar refractivity (Wildman–Crippen MR) is 95.0 cm³/mol. The van der Waals surface area contributed by atoms with Gasteiger partial charge in [-0.2, -0.15) is 0 Å². The molecule has 0 spiro atoms. The Labute approximate surface area is 149 Å². The van der Waals surface area contributed by atoms with Crippen LogP contribution in [0.5, 0.6) is 0 Å². The van der Waals surface area contributed by atoms with Gasteiger partial charge in [0, 0.05) is 12.8 Å². The molecule has 0 unspecified atom stereocenters. The first-order chi connectivity index (χ1) is 11.8. The molecule has 0 aliphatic heterocycles. The Hall–Kier alpha value is -2.17. The molecule has 1 rings (SSSR count). The Bertz CT molecular complexity index is 557. The van der Waals surface area contributed by atoms with Crippen molar-refractivity contribution >= 4 is 17.7 Å². The topological polar surface area (TPSA) is 69.7 Å². The lowest BCUT2D eigenvalue weighted by atomic mass is 10.1. The molecule has 0 fully saturated rings. The van der Waals surface area contributed by atoms with Gasteiger partial charge in [-0.05, 0) is 52.0 Å². The molecular weight excluding hydrogens is 320 g/mol. The van der Waals surface area contributed by atoms with Crippen LogP contribution < -0.4 is 0 Å². The number of aryl methyl sites for hydroxylation is 1. The minimum absolute atomic E-state index is 0.0494. The van der Waals surface area contributed by atoms with Gasteiger partial charge in [-0.3, -0.25) is 9.59 Å². The maximum atomic E-state index is 11.7. The molecule has 0 saturated heterocycles. The summed E-state index contributed by atoms with van der Waals surface area (Å²) in [5.74, 6) is -1.66. The molecule has 0 saturated carbocycles. The molecule has 0 aliphatic rings. The Morgan fingerprint density at radius 1 is 0.920 bits per heavy atom. The van der Waals surface area contributed by atoms with Gasteiger partial charge >= 0.3 is 11.9 Å². The number of ether oxygens (including phenoxy) is 2. The zero-order valence-electron chi connectivity index (χ0n) is 15.4. The Balaban J connectivity index is 2.10. The first-order valence-electron chi connectivity index (χ1n) is 8.73. The summed E-state index contributed by atoms with van der Waals surface area (Å²) in [5.41, 5.74) is 0.698. The van der Waals surface area contributed by atoms with Crippen LogP contribution in [0.2, 0.25) is 0 Å². The van der Waals surface area contributed by atoms with Gasteiger partial charge in [0.15, 0.2) is 0 Å². The van der Waals surface area contributed by atoms with Crippen molar-refractivity contribution in [2.24, 2.45) is 0 Å². The molecule has 1 aromatic carbocycles. The third-order valence-electron chi connectivity index (χ3n) is 3.37. The first-order valence-corrected chi connectivity index (χ1v) is 8.73. The number of carbonyl (C=O) groups excluding carboxylic acids is 3. The van der Waals surface area contributed by atoms with Gasteiger partial charge in [-0.15, -0.1) is 0 Å². The monoisotopic (exact) mass is 348 g/mol. The SMILES string of the molecule is CC(C)(C)OC(=O)CCCOC(=O)C(=O)CCCCc1ccccc1. The normalized spacial score (nSPS) is 11.0. The van der Waals surface area contributed by atoms with Crippen molar-refractivity contribution in [2.75, 3.05) is 6.61 Å². The number of esters is 2. The van der Waals surface area contributed by atoms with Crippen molar-refractivity contribution in [3.8, 4) is 0 Å². The van der Waals surface area contributed by atoms with Crippen molar-refractivity contribution in [1.29, 1.82) is 0 Å². The molecule has 5 nitrogen and oxygen atoms in total. The number of unbranched alkanes of at least 4 members (excludes halogenated alkanes) is 1. The second-order valence-corrected chi connectivity index (χ2v) is 6.94. The average molecular weight is 348 g/mol. The molecule has 0 heterocycles. The number of Topliss-reactive ketones (excluding diaryl/α,β-unsaturated/α-hetero) is 1. The highest BCUT2D eigenvalue weighted by Crippen LogP contribution is 2.09. The lowest BCUT2D eigenvalue weighted by Crippen LogP contribution is -2.24. The van der Waals surface area contributed by atoms with E-state index in [0.717, 1.165) is 12.8 Å². The Kier molecular flexibility index (Phi) is 8.89. The van der Waals surface area contributed by atoms with Crippen LogP contribution in [0.3, 0.4) is 0 Å². The number of carbonyl (C=O) groups is 3. The van der Waals surface area contributed by atoms with E-state index in [2.05, 4.69) is 0 Å². The fourth-order valence-electron chi connectivity index (χ4n) is 2.22. The maximum Gasteiger partial charge on any atom is 0.374 e. The molecule has 0 aliphatic carbocycles. The zero-order valence-corrected chi connectivity index (χ0v) is 15.4. The fraction of sp³-hybridized carbons (Fsp3) is 0.550. The van der Waals surface area contributed by atoms with E-state index in [-0.39, 0.29) is 25.4 Å². The standard InChI is InChI=1S/C20H28O5/c1-20(2,3)25-18(22)14-9-15-24-19(23)17(21)13-8-7-12-16-10-5-4-6-11-16/h4-6,10-11H,7-9,12-15H2,1-3H3. The van der Waals surface area contributed by atoms with Gasteiger partial charge in [-0.1, -0.05) is 30.3 Å². The second-order valence-electron chi connectivity index (χ2n) is 6.94. The second kappa shape index (κ2) is 10.6. The van der Waals surface area contributed by atoms with E-state index in [4.69, 9.17) is 9.47 Å². The van der Waals surface area contributed by atoms with Gasteiger partial charge in [0.2, 0.25) is 5.78 Å². The zero-order chi connectivity index (χ0) is 18.7. The van der Waals surface area contributed by atoms with Gasteiger partial charge in [0.05, 0.1) is 6.61 Å². The van der Waals surface area contributed by atoms with Crippen molar-refractivity contribution in [2.45, 2.75) is 64.9 Å². The number of hydrogen-bond acceptors (Lipinski definition) is 5. The quantitative estimate of drug-likeness (QED) is 0.367. The number of hydrogen-bond donors (Lipinski definition) is 0. The summed E-state index contributed by atoms with van der Waals surface area (Å²) >= 11 is 0. The van der Waals surface area contributed by atoms with Gasteiger partial charge in [0.1, 0.15) is 5.60 Å².